The van der Waals surface area contributed by atoms with Gasteiger partial charge in [-0.2, -0.15) is 0 Å². The van der Waals surface area contributed by atoms with Crippen molar-refractivity contribution in [2.75, 3.05) is 0 Å². The van der Waals surface area contributed by atoms with Gasteiger partial charge >= 0.3 is 0 Å². The molecule has 1 aliphatic rings. The van der Waals surface area contributed by atoms with Gasteiger partial charge in [0.2, 0.25) is 0 Å². The SMILES string of the molecule is CC[Si](CC)(CC)C/C(=C(/CC1CCCCC1)c1ccccc1)c1ccccc1. The monoisotopic (exact) mass is 404 g/mol. The molecule has 0 N–H and O–H groups in total. The second-order valence-electron chi connectivity index (χ2n) is 9.13. The molecule has 0 spiro atoms. The fourth-order valence-electron chi connectivity index (χ4n) is 5.26. The van der Waals surface area contributed by atoms with Crippen LogP contribution in [0.5, 0.6) is 0 Å². The Morgan fingerprint density at radius 3 is 1.66 bits per heavy atom. The van der Waals surface area contributed by atoms with Gasteiger partial charge in [0.05, 0.1) is 8.07 Å². The number of hydrogen-bond donors (Lipinski definition) is 0. The summed E-state index contributed by atoms with van der Waals surface area (Å²) in [5.74, 6) is 0.860. The Morgan fingerprint density at radius 1 is 0.690 bits per heavy atom. The molecule has 0 radical (unpaired) electrons. The van der Waals surface area contributed by atoms with Crippen molar-refractivity contribution < 1.29 is 0 Å². The molecule has 0 unspecified atom stereocenters. The highest BCUT2D eigenvalue weighted by Gasteiger charge is 2.30. The smallest absolute Gasteiger partial charge is 0.0571 e. The third-order valence-electron chi connectivity index (χ3n) is 7.63. The van der Waals surface area contributed by atoms with E-state index in [0.29, 0.717) is 0 Å². The Hall–Kier alpha value is -1.60. The first-order chi connectivity index (χ1) is 14.2. The average Bonchev–Trinajstić information content (AvgIpc) is 2.81. The largest absolute Gasteiger partial charge is 0.0678 e. The van der Waals surface area contributed by atoms with Gasteiger partial charge in [0, 0.05) is 0 Å². The molecule has 3 rings (SSSR count). The Balaban J connectivity index is 2.12. The van der Waals surface area contributed by atoms with Gasteiger partial charge < -0.3 is 0 Å². The second kappa shape index (κ2) is 11.0. The van der Waals surface area contributed by atoms with E-state index < -0.39 is 8.07 Å². The Labute approximate surface area is 180 Å². The van der Waals surface area contributed by atoms with Crippen LogP contribution >= 0.6 is 0 Å². The molecule has 2 aromatic carbocycles. The highest BCUT2D eigenvalue weighted by molar-refractivity contribution is 6.81. The summed E-state index contributed by atoms with van der Waals surface area (Å²) >= 11 is 0. The normalized spacial score (nSPS) is 16.5. The number of allylic oxidation sites excluding steroid dienone is 2. The van der Waals surface area contributed by atoms with Gasteiger partial charge in [-0.05, 0) is 40.7 Å². The summed E-state index contributed by atoms with van der Waals surface area (Å²) < 4.78 is 0. The highest BCUT2D eigenvalue weighted by Crippen LogP contribution is 2.42. The van der Waals surface area contributed by atoms with Gasteiger partial charge in [-0.1, -0.05) is 132 Å². The van der Waals surface area contributed by atoms with Gasteiger partial charge in [0.1, 0.15) is 0 Å². The lowest BCUT2D eigenvalue weighted by molar-refractivity contribution is 0.365. The van der Waals surface area contributed by atoms with Crippen LogP contribution in [0.2, 0.25) is 24.2 Å². The maximum atomic E-state index is 2.45. The van der Waals surface area contributed by atoms with Gasteiger partial charge in [0.25, 0.3) is 0 Å². The fraction of sp³-hybridized carbons (Fsp3) is 0.500. The molecule has 0 bridgehead atoms. The number of rotatable bonds is 9. The van der Waals surface area contributed by atoms with Gasteiger partial charge in [0.15, 0.2) is 0 Å². The predicted octanol–water partition coefficient (Wildman–Crippen LogP) is 9.08. The Kier molecular flexibility index (Phi) is 8.36. The van der Waals surface area contributed by atoms with Gasteiger partial charge in [-0.25, -0.2) is 0 Å². The summed E-state index contributed by atoms with van der Waals surface area (Å²) in [4.78, 5) is 0. The second-order valence-corrected chi connectivity index (χ2v) is 14.6. The van der Waals surface area contributed by atoms with Crippen LogP contribution in [-0.2, 0) is 0 Å². The molecule has 0 heterocycles. The highest BCUT2D eigenvalue weighted by atomic mass is 28.3. The third-order valence-corrected chi connectivity index (χ3v) is 13.2. The van der Waals surface area contributed by atoms with E-state index >= 15 is 0 Å². The molecule has 0 amide bonds. The lowest BCUT2D eigenvalue weighted by Gasteiger charge is -2.32. The first-order valence-electron chi connectivity index (χ1n) is 12.0. The van der Waals surface area contributed by atoms with Crippen LogP contribution in [0.4, 0.5) is 0 Å². The zero-order valence-corrected chi connectivity index (χ0v) is 19.9. The first kappa shape index (κ1) is 22.1. The minimum atomic E-state index is -1.28. The van der Waals surface area contributed by atoms with Crippen LogP contribution in [0.3, 0.4) is 0 Å². The molecule has 1 heteroatoms. The van der Waals surface area contributed by atoms with Crippen molar-refractivity contribution >= 4 is 19.2 Å². The maximum absolute atomic E-state index is 2.45. The van der Waals surface area contributed by atoms with E-state index in [-0.39, 0.29) is 0 Å². The molecule has 1 saturated carbocycles. The van der Waals surface area contributed by atoms with Crippen molar-refractivity contribution in [2.24, 2.45) is 5.92 Å². The topological polar surface area (TPSA) is 0 Å². The Morgan fingerprint density at radius 2 is 1.17 bits per heavy atom. The van der Waals surface area contributed by atoms with E-state index in [4.69, 9.17) is 0 Å². The minimum absolute atomic E-state index is 0.860. The van der Waals surface area contributed by atoms with E-state index in [9.17, 15) is 0 Å². The summed E-state index contributed by atoms with van der Waals surface area (Å²) in [5, 5.41) is 0. The molecule has 2 aromatic rings. The molecular formula is C28H40Si. The summed E-state index contributed by atoms with van der Waals surface area (Å²) in [6.07, 6.45) is 8.36. The molecule has 0 aromatic heterocycles. The van der Waals surface area contributed by atoms with Crippen molar-refractivity contribution in [1.29, 1.82) is 0 Å². The molecule has 1 aliphatic carbocycles. The van der Waals surface area contributed by atoms with Crippen LogP contribution in [0.25, 0.3) is 11.1 Å². The van der Waals surface area contributed by atoms with E-state index in [1.807, 2.05) is 0 Å². The number of hydrogen-bond acceptors (Lipinski definition) is 0. The molecule has 0 atom stereocenters. The lowest BCUT2D eigenvalue weighted by Crippen LogP contribution is -2.31. The molecule has 0 nitrogen and oxygen atoms in total. The standard InChI is InChI=1S/C28H40Si/c1-4-29(5-2,6-3)23-28(26-20-14-9-15-21-26)27(25-18-12-8-13-19-25)22-24-16-10-7-11-17-24/h8-9,12-15,18-21,24H,4-7,10-11,16-17,22-23H2,1-3H3/b28-27+. The molecule has 29 heavy (non-hydrogen) atoms. The maximum Gasteiger partial charge on any atom is 0.0571 e. The van der Waals surface area contributed by atoms with Crippen LogP contribution < -0.4 is 0 Å². The van der Waals surface area contributed by atoms with E-state index in [2.05, 4.69) is 81.4 Å². The molecular weight excluding hydrogens is 364 g/mol. The number of benzene rings is 2. The van der Waals surface area contributed by atoms with E-state index in [0.717, 1.165) is 5.92 Å². The zero-order chi connectivity index (χ0) is 20.5. The summed E-state index contributed by atoms with van der Waals surface area (Å²) in [5.41, 5.74) is 6.24. The first-order valence-corrected chi connectivity index (χ1v) is 14.9. The average molecular weight is 405 g/mol. The van der Waals surface area contributed by atoms with E-state index in [1.165, 1.54) is 73.8 Å². The Bertz CT molecular complexity index is 741. The van der Waals surface area contributed by atoms with Crippen LogP contribution in [0, 0.1) is 5.92 Å². The predicted molar refractivity (Wildman–Crippen MR) is 133 cm³/mol. The molecule has 1 fully saturated rings. The van der Waals surface area contributed by atoms with Crippen molar-refractivity contribution in [2.45, 2.75) is 83.5 Å². The zero-order valence-electron chi connectivity index (χ0n) is 18.9. The fourth-order valence-corrected chi connectivity index (χ4v) is 8.67. The molecule has 156 valence electrons. The van der Waals surface area contributed by atoms with Gasteiger partial charge in [-0.3, -0.25) is 0 Å². The van der Waals surface area contributed by atoms with Crippen LogP contribution in [-0.4, -0.2) is 8.07 Å². The van der Waals surface area contributed by atoms with Crippen LogP contribution in [0.1, 0.15) is 70.4 Å². The van der Waals surface area contributed by atoms with Crippen molar-refractivity contribution in [1.82, 2.24) is 0 Å². The summed E-state index contributed by atoms with van der Waals surface area (Å²) in [6.45, 7) is 7.35. The minimum Gasteiger partial charge on any atom is -0.0678 e. The molecule has 0 aliphatic heterocycles. The van der Waals surface area contributed by atoms with Gasteiger partial charge in [-0.15, -0.1) is 0 Å². The van der Waals surface area contributed by atoms with Crippen LogP contribution in [0.15, 0.2) is 60.7 Å². The summed E-state index contributed by atoms with van der Waals surface area (Å²) in [7, 11) is -1.28. The van der Waals surface area contributed by atoms with Crippen molar-refractivity contribution in [3.63, 3.8) is 0 Å². The molecule has 0 saturated heterocycles. The van der Waals surface area contributed by atoms with Crippen molar-refractivity contribution in [3.05, 3.63) is 71.8 Å². The quantitative estimate of drug-likeness (QED) is 0.289. The lowest BCUT2D eigenvalue weighted by atomic mass is 9.81. The summed E-state index contributed by atoms with van der Waals surface area (Å²) in [6, 6.07) is 28.2. The third kappa shape index (κ3) is 5.72. The van der Waals surface area contributed by atoms with E-state index in [1.54, 1.807) is 11.1 Å². The van der Waals surface area contributed by atoms with Crippen molar-refractivity contribution in [3.8, 4) is 0 Å².